The summed E-state index contributed by atoms with van der Waals surface area (Å²) >= 11 is 6.30. The van der Waals surface area contributed by atoms with Crippen molar-refractivity contribution in [1.29, 1.82) is 0 Å². The molecule has 0 radical (unpaired) electrons. The zero-order valence-electron chi connectivity index (χ0n) is 15.9. The van der Waals surface area contributed by atoms with Crippen LogP contribution in [0.4, 0.5) is 15.9 Å². The number of nitrogens with one attached hydrogen (secondary N) is 2. The van der Waals surface area contributed by atoms with E-state index in [2.05, 4.69) is 20.6 Å². The van der Waals surface area contributed by atoms with E-state index in [4.69, 9.17) is 16.3 Å². The normalized spacial score (nSPS) is 12.8. The van der Waals surface area contributed by atoms with Crippen molar-refractivity contribution in [3.63, 3.8) is 0 Å². The Bertz CT molecular complexity index is 1110. The summed E-state index contributed by atoms with van der Waals surface area (Å²) in [5.74, 6) is 0.335. The summed E-state index contributed by atoms with van der Waals surface area (Å²) in [5.41, 5.74) is 2.32. The maximum Gasteiger partial charge on any atom is 0.251 e. The summed E-state index contributed by atoms with van der Waals surface area (Å²) in [6, 6.07) is 11.5. The van der Waals surface area contributed by atoms with Gasteiger partial charge in [0.05, 0.1) is 35.8 Å². The Hall–Kier alpha value is -3.45. The highest BCUT2D eigenvalue weighted by Crippen LogP contribution is 2.28. The van der Waals surface area contributed by atoms with Crippen LogP contribution < -0.4 is 15.4 Å². The molecule has 1 amide bonds. The maximum absolute atomic E-state index is 13.5. The fourth-order valence-corrected chi connectivity index (χ4v) is 3.23. The lowest BCUT2D eigenvalue weighted by atomic mass is 10.1. The van der Waals surface area contributed by atoms with Crippen molar-refractivity contribution in [2.45, 2.75) is 13.0 Å². The first-order valence-electron chi connectivity index (χ1n) is 9.32. The molecule has 1 aliphatic heterocycles. The van der Waals surface area contributed by atoms with E-state index in [-0.39, 0.29) is 11.7 Å². The van der Waals surface area contributed by atoms with Crippen molar-refractivity contribution in [3.05, 3.63) is 82.5 Å². The minimum absolute atomic E-state index is 0.317. The number of nitrogens with zero attached hydrogens (tertiary/aromatic N) is 2. The molecule has 0 saturated carbocycles. The van der Waals surface area contributed by atoms with Gasteiger partial charge in [0.15, 0.2) is 0 Å². The lowest BCUT2D eigenvalue weighted by Gasteiger charge is -2.10. The third-order valence-corrected chi connectivity index (χ3v) is 4.77. The number of aromatic nitrogens is 2. The van der Waals surface area contributed by atoms with E-state index in [0.29, 0.717) is 53.0 Å². The Morgan fingerprint density at radius 3 is 2.90 bits per heavy atom. The molecule has 0 aliphatic carbocycles. The number of halogens is 2. The average molecular weight is 425 g/mol. The van der Waals surface area contributed by atoms with Gasteiger partial charge in [-0.15, -0.1) is 0 Å². The number of hydrogen-bond donors (Lipinski definition) is 2. The maximum atomic E-state index is 13.5. The van der Waals surface area contributed by atoms with Gasteiger partial charge in [-0.25, -0.2) is 9.37 Å². The van der Waals surface area contributed by atoms with Crippen LogP contribution in [0.3, 0.4) is 0 Å². The van der Waals surface area contributed by atoms with Gasteiger partial charge in [-0.05, 0) is 42.5 Å². The number of anilines is 2. The highest BCUT2D eigenvalue weighted by Gasteiger charge is 2.17. The molecule has 4 rings (SSSR count). The number of rotatable bonds is 5. The van der Waals surface area contributed by atoms with Crippen molar-refractivity contribution in [2.24, 2.45) is 0 Å². The topological polar surface area (TPSA) is 76.1 Å². The van der Waals surface area contributed by atoms with Crippen LogP contribution in [0.5, 0.6) is 5.75 Å². The molecule has 3 aromatic rings. The number of carbonyl (C=O) groups excluding carboxylic acids is 1. The fourth-order valence-electron chi connectivity index (χ4n) is 3.00. The van der Waals surface area contributed by atoms with Gasteiger partial charge in [-0.3, -0.25) is 9.78 Å². The van der Waals surface area contributed by atoms with Crippen LogP contribution >= 0.6 is 11.6 Å². The molecule has 2 aromatic heterocycles. The van der Waals surface area contributed by atoms with Crippen LogP contribution in [-0.2, 0) is 11.3 Å². The van der Waals surface area contributed by atoms with Crippen molar-refractivity contribution in [3.8, 4) is 5.75 Å². The molecule has 1 aromatic carbocycles. The summed E-state index contributed by atoms with van der Waals surface area (Å²) in [7, 11) is 0. The van der Waals surface area contributed by atoms with Crippen LogP contribution in [0.15, 0.2) is 60.4 Å². The third kappa shape index (κ3) is 4.75. The van der Waals surface area contributed by atoms with Crippen molar-refractivity contribution >= 4 is 35.1 Å². The van der Waals surface area contributed by atoms with Crippen LogP contribution in [0.25, 0.3) is 6.08 Å². The molecule has 6 nitrogen and oxygen atoms in total. The molecular formula is C22H18ClFN4O2. The van der Waals surface area contributed by atoms with E-state index in [9.17, 15) is 9.18 Å². The number of amides is 1. The van der Waals surface area contributed by atoms with Gasteiger partial charge in [-0.1, -0.05) is 17.7 Å². The number of ether oxygens (including phenoxy) is 1. The van der Waals surface area contributed by atoms with Crippen molar-refractivity contribution < 1.29 is 13.9 Å². The first-order valence-corrected chi connectivity index (χ1v) is 9.70. The Kier molecular flexibility index (Phi) is 5.90. The Morgan fingerprint density at radius 1 is 1.20 bits per heavy atom. The quantitative estimate of drug-likeness (QED) is 0.621. The van der Waals surface area contributed by atoms with Gasteiger partial charge in [0, 0.05) is 23.8 Å². The smallest absolute Gasteiger partial charge is 0.251 e. The number of hydrogen-bond acceptors (Lipinski definition) is 5. The molecule has 152 valence electrons. The molecular weight excluding hydrogens is 407 g/mol. The van der Waals surface area contributed by atoms with Gasteiger partial charge in [-0.2, -0.15) is 0 Å². The van der Waals surface area contributed by atoms with Crippen LogP contribution in [0.2, 0.25) is 5.02 Å². The number of fused-ring (bicyclic) bond motifs is 1. The van der Waals surface area contributed by atoms with Crippen LogP contribution in [0.1, 0.15) is 17.7 Å². The Balaban J connectivity index is 1.45. The molecule has 1 aliphatic rings. The van der Waals surface area contributed by atoms with Crippen LogP contribution in [-0.4, -0.2) is 22.5 Å². The average Bonchev–Trinajstić information content (AvgIpc) is 2.96. The highest BCUT2D eigenvalue weighted by molar-refractivity contribution is 6.33. The Labute approximate surface area is 177 Å². The SMILES string of the molecule is O=C(Nc1cnc(NCc2ccccn2)c(Cl)c1)C1=Cc2cc(F)ccc2OCC1. The molecule has 0 bridgehead atoms. The van der Waals surface area contributed by atoms with E-state index >= 15 is 0 Å². The molecule has 0 fully saturated rings. The monoisotopic (exact) mass is 424 g/mol. The van der Waals surface area contributed by atoms with E-state index in [1.807, 2.05) is 18.2 Å². The number of benzene rings is 1. The van der Waals surface area contributed by atoms with Gasteiger partial charge in [0.1, 0.15) is 17.4 Å². The largest absolute Gasteiger partial charge is 0.493 e. The second kappa shape index (κ2) is 8.92. The predicted octanol–water partition coefficient (Wildman–Crippen LogP) is 4.69. The minimum atomic E-state index is -0.389. The minimum Gasteiger partial charge on any atom is -0.493 e. The summed E-state index contributed by atoms with van der Waals surface area (Å²) in [4.78, 5) is 21.2. The van der Waals surface area contributed by atoms with Gasteiger partial charge < -0.3 is 15.4 Å². The van der Waals surface area contributed by atoms with E-state index in [1.54, 1.807) is 24.4 Å². The summed E-state index contributed by atoms with van der Waals surface area (Å²) in [6.45, 7) is 0.801. The molecule has 0 spiro atoms. The predicted molar refractivity (Wildman–Crippen MR) is 114 cm³/mol. The van der Waals surface area contributed by atoms with E-state index in [0.717, 1.165) is 5.69 Å². The fraction of sp³-hybridized carbons (Fsp3) is 0.136. The van der Waals surface area contributed by atoms with Crippen LogP contribution in [0, 0.1) is 5.82 Å². The van der Waals surface area contributed by atoms with Crippen molar-refractivity contribution in [1.82, 2.24) is 9.97 Å². The first-order chi connectivity index (χ1) is 14.6. The molecule has 2 N–H and O–H groups in total. The zero-order valence-corrected chi connectivity index (χ0v) is 16.6. The van der Waals surface area contributed by atoms with Gasteiger partial charge >= 0.3 is 0 Å². The van der Waals surface area contributed by atoms with Gasteiger partial charge in [0.25, 0.3) is 5.91 Å². The summed E-state index contributed by atoms with van der Waals surface area (Å²) in [6.07, 6.45) is 5.27. The Morgan fingerprint density at radius 2 is 2.10 bits per heavy atom. The molecule has 0 atom stereocenters. The molecule has 30 heavy (non-hydrogen) atoms. The number of pyridine rings is 2. The highest BCUT2D eigenvalue weighted by atomic mass is 35.5. The summed E-state index contributed by atoms with van der Waals surface area (Å²) in [5, 5.41) is 6.27. The standard InChI is InChI=1S/C22H18ClFN4O2/c23-19-11-18(13-27-21(19)26-12-17-3-1-2-7-25-17)28-22(29)14-6-8-30-20-5-4-16(24)10-15(20)9-14/h1-5,7,9-11,13H,6,8,12H2,(H,26,27)(H,28,29). The second-order valence-corrected chi connectivity index (χ2v) is 7.04. The molecule has 0 unspecified atom stereocenters. The van der Waals surface area contributed by atoms with Gasteiger partial charge in [0.2, 0.25) is 0 Å². The summed E-state index contributed by atoms with van der Waals surface area (Å²) < 4.78 is 19.1. The lowest BCUT2D eigenvalue weighted by molar-refractivity contribution is -0.113. The second-order valence-electron chi connectivity index (χ2n) is 6.63. The first kappa shape index (κ1) is 19.8. The number of carbonyl (C=O) groups is 1. The molecule has 8 heteroatoms. The zero-order chi connectivity index (χ0) is 20.9. The van der Waals surface area contributed by atoms with E-state index in [1.165, 1.54) is 18.3 Å². The van der Waals surface area contributed by atoms with Crippen molar-refractivity contribution in [2.75, 3.05) is 17.2 Å². The third-order valence-electron chi connectivity index (χ3n) is 4.48. The van der Waals surface area contributed by atoms with E-state index < -0.39 is 0 Å². The molecule has 0 saturated heterocycles. The lowest BCUT2D eigenvalue weighted by Crippen LogP contribution is -2.16. The molecule has 3 heterocycles.